The number of rotatable bonds is 4. The van der Waals surface area contributed by atoms with Crippen LogP contribution in [0.5, 0.6) is 0 Å². The molecule has 3 unspecified atom stereocenters. The minimum atomic E-state index is 0.0481. The summed E-state index contributed by atoms with van der Waals surface area (Å²) in [4.78, 5) is 22.3. The second-order valence-corrected chi connectivity index (χ2v) is 8.40. The molecule has 0 N–H and O–H groups in total. The molecule has 5 rings (SSSR count). The predicted octanol–water partition coefficient (Wildman–Crippen LogP) is 1.87. The van der Waals surface area contributed by atoms with Crippen molar-refractivity contribution in [1.29, 1.82) is 0 Å². The number of carbonyl (C=O) groups is 1. The van der Waals surface area contributed by atoms with Crippen LogP contribution in [0, 0.1) is 17.8 Å². The maximum Gasteiger partial charge on any atom is 0.274 e. The van der Waals surface area contributed by atoms with E-state index in [0.717, 1.165) is 38.4 Å². The van der Waals surface area contributed by atoms with E-state index in [0.29, 0.717) is 29.2 Å². The Balaban J connectivity index is 1.41. The lowest BCUT2D eigenvalue weighted by molar-refractivity contribution is 0.0526. The van der Waals surface area contributed by atoms with Crippen LogP contribution in [0.25, 0.3) is 5.65 Å². The molecule has 2 aromatic rings. The van der Waals surface area contributed by atoms with Gasteiger partial charge in [-0.25, -0.2) is 4.98 Å². The summed E-state index contributed by atoms with van der Waals surface area (Å²) in [6, 6.07) is 0.301. The number of aromatic nitrogens is 4. The highest BCUT2D eigenvalue weighted by molar-refractivity contribution is 5.92. The van der Waals surface area contributed by atoms with Crippen LogP contribution in [0.4, 0.5) is 0 Å². The Morgan fingerprint density at radius 1 is 1.26 bits per heavy atom. The van der Waals surface area contributed by atoms with Gasteiger partial charge >= 0.3 is 0 Å². The van der Waals surface area contributed by atoms with E-state index in [-0.39, 0.29) is 5.91 Å². The fourth-order valence-corrected chi connectivity index (χ4v) is 5.05. The molecule has 0 aromatic carbocycles. The summed E-state index contributed by atoms with van der Waals surface area (Å²) in [6.07, 6.45) is 14.3. The van der Waals surface area contributed by atoms with E-state index >= 15 is 0 Å². The fourth-order valence-electron chi connectivity index (χ4n) is 5.05. The maximum absolute atomic E-state index is 13.5. The van der Waals surface area contributed by atoms with Crippen molar-refractivity contribution in [1.82, 2.24) is 29.4 Å². The molecule has 142 valence electrons. The first-order valence-electron chi connectivity index (χ1n) is 10.0. The summed E-state index contributed by atoms with van der Waals surface area (Å²) in [5.74, 6) is 2.00. The monoisotopic (exact) mass is 366 g/mol. The third kappa shape index (κ3) is 3.14. The van der Waals surface area contributed by atoms with E-state index in [1.54, 1.807) is 23.1 Å². The number of hydrogen-bond donors (Lipinski definition) is 0. The molecular formula is C20H26N6O. The molecule has 1 saturated heterocycles. The molecule has 7 nitrogen and oxygen atoms in total. The van der Waals surface area contributed by atoms with Gasteiger partial charge in [-0.05, 0) is 63.6 Å². The molecule has 1 aliphatic heterocycles. The lowest BCUT2D eigenvalue weighted by atomic mass is 9.91. The molecule has 3 atom stereocenters. The van der Waals surface area contributed by atoms with Crippen molar-refractivity contribution in [2.45, 2.75) is 31.7 Å². The Hall–Kier alpha value is -2.28. The van der Waals surface area contributed by atoms with Crippen molar-refractivity contribution >= 4 is 11.6 Å². The molecule has 1 amide bonds. The highest BCUT2D eigenvalue weighted by Gasteiger charge is 2.39. The van der Waals surface area contributed by atoms with Gasteiger partial charge in [0.25, 0.3) is 5.91 Å². The molecule has 27 heavy (non-hydrogen) atoms. The molecule has 3 aliphatic rings. The van der Waals surface area contributed by atoms with E-state index in [9.17, 15) is 4.79 Å². The van der Waals surface area contributed by atoms with Gasteiger partial charge < -0.3 is 9.80 Å². The molecule has 0 radical (unpaired) electrons. The molecule has 2 fully saturated rings. The number of piperidine rings is 1. The minimum Gasteiger partial charge on any atom is -0.334 e. The van der Waals surface area contributed by atoms with E-state index < -0.39 is 0 Å². The van der Waals surface area contributed by atoms with Gasteiger partial charge in [0.05, 0.1) is 6.20 Å². The molecule has 0 spiro atoms. The van der Waals surface area contributed by atoms with Crippen LogP contribution in [0.2, 0.25) is 0 Å². The van der Waals surface area contributed by atoms with Gasteiger partial charge in [-0.1, -0.05) is 12.2 Å². The van der Waals surface area contributed by atoms with Gasteiger partial charge in [-0.15, -0.1) is 10.2 Å². The van der Waals surface area contributed by atoms with Gasteiger partial charge in [0.15, 0.2) is 5.65 Å². The van der Waals surface area contributed by atoms with Crippen LogP contribution >= 0.6 is 0 Å². The molecule has 3 heterocycles. The van der Waals surface area contributed by atoms with Gasteiger partial charge in [0.1, 0.15) is 12.0 Å². The SMILES string of the molecule is CN1CCC(N(CC2CC3C=CC2C3)C(=O)c2cn3cnnc3cn2)CC1. The lowest BCUT2D eigenvalue weighted by Gasteiger charge is -2.39. The van der Waals surface area contributed by atoms with Gasteiger partial charge in [-0.3, -0.25) is 9.20 Å². The van der Waals surface area contributed by atoms with Crippen molar-refractivity contribution in [3.05, 3.63) is 36.6 Å². The summed E-state index contributed by atoms with van der Waals surface area (Å²) in [7, 11) is 2.16. The first kappa shape index (κ1) is 16.9. The minimum absolute atomic E-state index is 0.0481. The Morgan fingerprint density at radius 2 is 2.11 bits per heavy atom. The summed E-state index contributed by atoms with van der Waals surface area (Å²) in [6.45, 7) is 2.94. The van der Waals surface area contributed by atoms with Crippen LogP contribution in [0.15, 0.2) is 30.9 Å². The van der Waals surface area contributed by atoms with Crippen LogP contribution in [-0.2, 0) is 0 Å². The summed E-state index contributed by atoms with van der Waals surface area (Å²) >= 11 is 0. The summed E-state index contributed by atoms with van der Waals surface area (Å²) in [5.41, 5.74) is 1.15. The van der Waals surface area contributed by atoms with E-state index in [4.69, 9.17) is 0 Å². The number of allylic oxidation sites excluding steroid dienone is 2. The highest BCUT2D eigenvalue weighted by Crippen LogP contribution is 2.44. The number of likely N-dealkylation sites (tertiary alicyclic amines) is 1. The van der Waals surface area contributed by atoms with Gasteiger partial charge in [0, 0.05) is 18.8 Å². The highest BCUT2D eigenvalue weighted by atomic mass is 16.2. The van der Waals surface area contributed by atoms with Crippen molar-refractivity contribution in [3.63, 3.8) is 0 Å². The van der Waals surface area contributed by atoms with E-state index in [2.05, 4.69) is 44.2 Å². The number of carbonyl (C=O) groups excluding carboxylic acids is 1. The number of hydrogen-bond acceptors (Lipinski definition) is 5. The first-order valence-corrected chi connectivity index (χ1v) is 10.0. The van der Waals surface area contributed by atoms with Crippen LogP contribution in [0.3, 0.4) is 0 Å². The molecule has 2 aromatic heterocycles. The van der Waals surface area contributed by atoms with Gasteiger partial charge in [-0.2, -0.15) is 0 Å². The number of amides is 1. The Morgan fingerprint density at radius 3 is 2.85 bits per heavy atom. The third-order valence-electron chi connectivity index (χ3n) is 6.64. The van der Waals surface area contributed by atoms with E-state index in [1.165, 1.54) is 12.8 Å². The first-order chi connectivity index (χ1) is 13.2. The lowest BCUT2D eigenvalue weighted by Crippen LogP contribution is -2.49. The van der Waals surface area contributed by atoms with E-state index in [1.807, 2.05) is 0 Å². The zero-order chi connectivity index (χ0) is 18.4. The smallest absolute Gasteiger partial charge is 0.274 e. The molecule has 2 bridgehead atoms. The zero-order valence-corrected chi connectivity index (χ0v) is 15.7. The Bertz CT molecular complexity index is 868. The second-order valence-electron chi connectivity index (χ2n) is 8.40. The second kappa shape index (κ2) is 6.71. The molecule has 7 heteroatoms. The Labute approximate surface area is 159 Å². The van der Waals surface area contributed by atoms with Crippen LogP contribution < -0.4 is 0 Å². The summed E-state index contributed by atoms with van der Waals surface area (Å²) < 4.78 is 1.77. The topological polar surface area (TPSA) is 66.6 Å². The largest absolute Gasteiger partial charge is 0.334 e. The average molecular weight is 366 g/mol. The predicted molar refractivity (Wildman–Crippen MR) is 101 cm³/mol. The van der Waals surface area contributed by atoms with Crippen LogP contribution in [0.1, 0.15) is 36.2 Å². The van der Waals surface area contributed by atoms with Crippen molar-refractivity contribution in [3.8, 4) is 0 Å². The Kier molecular flexibility index (Phi) is 4.19. The third-order valence-corrected chi connectivity index (χ3v) is 6.64. The summed E-state index contributed by atoms with van der Waals surface area (Å²) in [5, 5.41) is 7.87. The van der Waals surface area contributed by atoms with Crippen molar-refractivity contribution in [2.75, 3.05) is 26.7 Å². The number of fused-ring (bicyclic) bond motifs is 3. The zero-order valence-electron chi connectivity index (χ0n) is 15.7. The molecular weight excluding hydrogens is 340 g/mol. The molecule has 2 aliphatic carbocycles. The maximum atomic E-state index is 13.5. The normalized spacial score (nSPS) is 28.3. The number of nitrogens with zero attached hydrogens (tertiary/aromatic N) is 6. The average Bonchev–Trinajstić information content (AvgIpc) is 3.42. The van der Waals surface area contributed by atoms with Crippen molar-refractivity contribution in [2.24, 2.45) is 17.8 Å². The standard InChI is InChI=1S/C20H26N6O/c1-24-6-4-17(5-7-24)26(11-16-9-14-2-3-15(16)8-14)20(27)18-12-25-13-22-23-19(25)10-21-18/h2-3,10,12-17H,4-9,11H2,1H3. The van der Waals surface area contributed by atoms with Gasteiger partial charge in [0.2, 0.25) is 0 Å². The van der Waals surface area contributed by atoms with Crippen molar-refractivity contribution < 1.29 is 4.79 Å². The molecule has 1 saturated carbocycles. The fraction of sp³-hybridized carbons (Fsp3) is 0.600. The quantitative estimate of drug-likeness (QED) is 0.773. The van der Waals surface area contributed by atoms with Crippen LogP contribution in [-0.4, -0.2) is 68.0 Å².